The number of hydrogen-bond donors (Lipinski definition) is 1. The lowest BCUT2D eigenvalue weighted by atomic mass is 10.0. The van der Waals surface area contributed by atoms with Crippen molar-refractivity contribution in [3.63, 3.8) is 0 Å². The lowest BCUT2D eigenvalue weighted by Crippen LogP contribution is -2.22. The van der Waals surface area contributed by atoms with Crippen LogP contribution in [-0.4, -0.2) is 11.5 Å². The van der Waals surface area contributed by atoms with E-state index in [1.54, 1.807) is 11.3 Å². The van der Waals surface area contributed by atoms with Crippen molar-refractivity contribution in [3.05, 3.63) is 63.4 Å². The van der Waals surface area contributed by atoms with Gasteiger partial charge in [-0.05, 0) is 42.1 Å². The quantitative estimate of drug-likeness (QED) is 0.713. The van der Waals surface area contributed by atoms with E-state index < -0.39 is 0 Å². The van der Waals surface area contributed by atoms with Crippen LogP contribution in [0.25, 0.3) is 10.9 Å². The van der Waals surface area contributed by atoms with Gasteiger partial charge in [-0.3, -0.25) is 4.98 Å². The van der Waals surface area contributed by atoms with Crippen molar-refractivity contribution in [1.29, 1.82) is 0 Å². The number of halogens is 1. The molecule has 3 aromatic rings. The maximum absolute atomic E-state index is 6.34. The molecule has 1 N–H and O–H groups in total. The first-order chi connectivity index (χ1) is 10.3. The molecule has 0 aliphatic rings. The molecule has 1 unspecified atom stereocenters. The minimum Gasteiger partial charge on any atom is -0.306 e. The highest BCUT2D eigenvalue weighted by molar-refractivity contribution is 7.10. The van der Waals surface area contributed by atoms with Gasteiger partial charge >= 0.3 is 0 Å². The average Bonchev–Trinajstić information content (AvgIpc) is 2.94. The Morgan fingerprint density at radius 3 is 2.95 bits per heavy atom. The zero-order valence-corrected chi connectivity index (χ0v) is 13.4. The van der Waals surface area contributed by atoms with E-state index in [1.165, 1.54) is 10.4 Å². The molecule has 0 saturated carbocycles. The third-order valence-corrected chi connectivity index (χ3v) is 4.89. The smallest absolute Gasteiger partial charge is 0.0705 e. The van der Waals surface area contributed by atoms with Gasteiger partial charge in [0.25, 0.3) is 0 Å². The minimum atomic E-state index is 0.129. The molecule has 2 aromatic heterocycles. The van der Waals surface area contributed by atoms with Crippen molar-refractivity contribution in [2.75, 3.05) is 6.54 Å². The number of nitrogens with one attached hydrogen (secondary N) is 1. The van der Waals surface area contributed by atoms with E-state index in [0.29, 0.717) is 0 Å². The van der Waals surface area contributed by atoms with Crippen molar-refractivity contribution in [3.8, 4) is 0 Å². The number of rotatable bonds is 5. The number of thiophene rings is 1. The number of benzene rings is 1. The summed E-state index contributed by atoms with van der Waals surface area (Å²) in [6, 6.07) is 12.6. The summed E-state index contributed by atoms with van der Waals surface area (Å²) in [7, 11) is 0. The van der Waals surface area contributed by atoms with Gasteiger partial charge in [0, 0.05) is 16.5 Å². The van der Waals surface area contributed by atoms with Crippen molar-refractivity contribution in [2.45, 2.75) is 19.4 Å². The number of fused-ring (bicyclic) bond motifs is 1. The van der Waals surface area contributed by atoms with E-state index in [1.807, 2.05) is 23.7 Å². The Morgan fingerprint density at radius 1 is 1.29 bits per heavy atom. The van der Waals surface area contributed by atoms with Crippen LogP contribution >= 0.6 is 22.9 Å². The summed E-state index contributed by atoms with van der Waals surface area (Å²) in [4.78, 5) is 5.62. The third-order valence-electron chi connectivity index (χ3n) is 3.47. The second-order valence-electron chi connectivity index (χ2n) is 4.98. The predicted molar refractivity (Wildman–Crippen MR) is 91.2 cm³/mol. The Morgan fingerprint density at radius 2 is 2.19 bits per heavy atom. The van der Waals surface area contributed by atoms with Crippen molar-refractivity contribution in [2.24, 2.45) is 0 Å². The summed E-state index contributed by atoms with van der Waals surface area (Å²) in [6.45, 7) is 3.13. The van der Waals surface area contributed by atoms with Gasteiger partial charge in [0.05, 0.1) is 16.6 Å². The van der Waals surface area contributed by atoms with E-state index >= 15 is 0 Å². The summed E-state index contributed by atoms with van der Waals surface area (Å²) < 4.78 is 0. The molecule has 0 radical (unpaired) electrons. The largest absolute Gasteiger partial charge is 0.306 e. The fourth-order valence-electron chi connectivity index (χ4n) is 2.43. The molecular formula is C17H17ClN2S. The second kappa shape index (κ2) is 6.56. The lowest BCUT2D eigenvalue weighted by molar-refractivity contribution is 0.606. The minimum absolute atomic E-state index is 0.129. The highest BCUT2D eigenvalue weighted by Crippen LogP contribution is 2.33. The molecular weight excluding hydrogens is 300 g/mol. The summed E-state index contributed by atoms with van der Waals surface area (Å²) >= 11 is 8.03. The van der Waals surface area contributed by atoms with Gasteiger partial charge in [-0.1, -0.05) is 36.7 Å². The van der Waals surface area contributed by atoms with Gasteiger partial charge in [0.15, 0.2) is 0 Å². The fraction of sp³-hybridized carbons (Fsp3) is 0.235. The molecule has 0 saturated heterocycles. The van der Waals surface area contributed by atoms with E-state index in [2.05, 4.69) is 41.5 Å². The van der Waals surface area contributed by atoms with Gasteiger partial charge in [-0.2, -0.15) is 0 Å². The van der Waals surface area contributed by atoms with E-state index in [4.69, 9.17) is 11.6 Å². The molecule has 2 nitrogen and oxygen atoms in total. The predicted octanol–water partition coefficient (Wildman–Crippen LogP) is 5.04. The maximum atomic E-state index is 6.34. The Balaban J connectivity index is 2.03. The highest BCUT2D eigenvalue weighted by Gasteiger charge is 2.18. The molecule has 1 aromatic carbocycles. The first kappa shape index (κ1) is 14.5. The van der Waals surface area contributed by atoms with E-state index in [9.17, 15) is 0 Å². The molecule has 0 spiro atoms. The number of pyridine rings is 1. The van der Waals surface area contributed by atoms with Gasteiger partial charge in [0.1, 0.15) is 0 Å². The molecule has 0 aliphatic heterocycles. The SMILES string of the molecule is CCCNC(c1ccc2cccnc2c1)c1sccc1Cl. The standard InChI is InChI=1S/C17H17ClN2S/c1-2-8-20-16(17-14(18)7-10-21-17)13-6-5-12-4-3-9-19-15(12)11-13/h3-7,9-11,16,20H,2,8H2,1H3. The molecule has 3 rings (SSSR count). The van der Waals surface area contributed by atoms with Crippen molar-refractivity contribution >= 4 is 33.8 Å². The number of aromatic nitrogens is 1. The second-order valence-corrected chi connectivity index (χ2v) is 6.33. The zero-order valence-electron chi connectivity index (χ0n) is 11.8. The number of hydrogen-bond acceptors (Lipinski definition) is 3. The van der Waals surface area contributed by atoms with Crippen LogP contribution in [0, 0.1) is 0 Å². The molecule has 0 aliphatic carbocycles. The summed E-state index contributed by atoms with van der Waals surface area (Å²) in [5.74, 6) is 0. The van der Waals surface area contributed by atoms with Gasteiger partial charge in [-0.15, -0.1) is 11.3 Å². The molecule has 0 amide bonds. The van der Waals surface area contributed by atoms with Crippen LogP contribution < -0.4 is 5.32 Å². The van der Waals surface area contributed by atoms with E-state index in [0.717, 1.165) is 28.9 Å². The molecule has 1 atom stereocenters. The first-order valence-corrected chi connectivity index (χ1v) is 8.36. The Hall–Kier alpha value is -1.42. The van der Waals surface area contributed by atoms with Crippen LogP contribution in [0.5, 0.6) is 0 Å². The first-order valence-electron chi connectivity index (χ1n) is 7.10. The number of nitrogens with zero attached hydrogens (tertiary/aromatic N) is 1. The Bertz CT molecular complexity index is 738. The summed E-state index contributed by atoms with van der Waals surface area (Å²) in [5.41, 5.74) is 2.23. The van der Waals surface area contributed by atoms with Crippen LogP contribution in [0.2, 0.25) is 5.02 Å². The van der Waals surface area contributed by atoms with Gasteiger partial charge in [0.2, 0.25) is 0 Å². The van der Waals surface area contributed by atoms with E-state index in [-0.39, 0.29) is 6.04 Å². The molecule has 0 fully saturated rings. The van der Waals surface area contributed by atoms with Crippen LogP contribution in [0.3, 0.4) is 0 Å². The Labute approximate surface area is 133 Å². The van der Waals surface area contributed by atoms with Crippen LogP contribution in [0.1, 0.15) is 29.8 Å². The van der Waals surface area contributed by atoms with Crippen LogP contribution in [0.4, 0.5) is 0 Å². The highest BCUT2D eigenvalue weighted by atomic mass is 35.5. The van der Waals surface area contributed by atoms with Crippen LogP contribution in [0.15, 0.2) is 48.0 Å². The molecule has 2 heterocycles. The molecule has 0 bridgehead atoms. The average molecular weight is 317 g/mol. The van der Waals surface area contributed by atoms with Crippen molar-refractivity contribution in [1.82, 2.24) is 10.3 Å². The Kier molecular flexibility index (Phi) is 4.54. The van der Waals surface area contributed by atoms with Crippen molar-refractivity contribution < 1.29 is 0 Å². The molecule has 21 heavy (non-hydrogen) atoms. The molecule has 108 valence electrons. The van der Waals surface area contributed by atoms with Gasteiger partial charge < -0.3 is 5.32 Å². The normalized spacial score (nSPS) is 12.7. The fourth-order valence-corrected chi connectivity index (χ4v) is 3.69. The zero-order chi connectivity index (χ0) is 14.7. The third kappa shape index (κ3) is 3.10. The lowest BCUT2D eigenvalue weighted by Gasteiger charge is -2.19. The summed E-state index contributed by atoms with van der Waals surface area (Å²) in [6.07, 6.45) is 2.92. The maximum Gasteiger partial charge on any atom is 0.0705 e. The monoisotopic (exact) mass is 316 g/mol. The molecule has 4 heteroatoms. The van der Waals surface area contributed by atoms with Gasteiger partial charge in [-0.25, -0.2) is 0 Å². The topological polar surface area (TPSA) is 24.9 Å². The summed E-state index contributed by atoms with van der Waals surface area (Å²) in [5, 5.41) is 7.62. The van der Waals surface area contributed by atoms with Crippen LogP contribution in [-0.2, 0) is 0 Å².